The molecule has 3 aromatic heterocycles. The van der Waals surface area contributed by atoms with Crippen molar-refractivity contribution in [3.63, 3.8) is 0 Å². The predicted octanol–water partition coefficient (Wildman–Crippen LogP) is 2.27. The molecule has 0 saturated heterocycles. The summed E-state index contributed by atoms with van der Waals surface area (Å²) in [5.41, 5.74) is 0. The number of carbonyl (C=O) groups is 3. The number of ketones is 3. The molecule has 9 nitrogen and oxygen atoms in total. The number of thiophene rings is 3. The maximum atomic E-state index is 11.7. The Morgan fingerprint density at radius 2 is 0.696 bits per heavy atom. The van der Waals surface area contributed by atoms with Crippen molar-refractivity contribution in [1.29, 1.82) is 0 Å². The Labute approximate surface area is 305 Å². The van der Waals surface area contributed by atoms with Crippen molar-refractivity contribution >= 4 is 68.6 Å². The Hall–Kier alpha value is -2.44. The molecule has 0 spiro atoms. The van der Waals surface area contributed by atoms with Crippen molar-refractivity contribution in [2.45, 2.75) is 18.5 Å². The van der Waals surface area contributed by atoms with E-state index in [2.05, 4.69) is 0 Å². The number of alkyl halides is 9. The molecular weight excluding hydrogens is 851 g/mol. The second kappa shape index (κ2) is 22.2. The maximum Gasteiger partial charge on any atom is 3.00 e. The SMILES string of the molecule is O.O.O.O=C(/C=C(\[O-])c1cccs1)C(F)(F)F.O=C(/C=C(\[O-])c1cccs1)C(F)(F)F.O=C(/C=C(\[O-])c1cccs1)C(F)(F)F.[Eu+3]. The van der Waals surface area contributed by atoms with Crippen molar-refractivity contribution in [1.82, 2.24) is 0 Å². The molecule has 46 heavy (non-hydrogen) atoms. The molecule has 0 aliphatic carbocycles. The van der Waals surface area contributed by atoms with Crippen molar-refractivity contribution in [3.05, 3.63) is 85.4 Å². The molecule has 22 heteroatoms. The Balaban J connectivity index is -0.000000276. The van der Waals surface area contributed by atoms with E-state index >= 15 is 0 Å². The number of carbonyl (C=O) groups excluding carboxylic acids is 3. The van der Waals surface area contributed by atoms with Crippen LogP contribution in [0.15, 0.2) is 70.8 Å². The van der Waals surface area contributed by atoms with Crippen LogP contribution in [-0.2, 0) is 14.4 Å². The molecule has 0 aliphatic rings. The monoisotopic (exact) mass is 870 g/mol. The van der Waals surface area contributed by atoms with Crippen LogP contribution in [0.5, 0.6) is 0 Å². The molecular formula is C24H18EuF9O9S3. The second-order valence-electron chi connectivity index (χ2n) is 7.04. The van der Waals surface area contributed by atoms with Gasteiger partial charge in [-0.05, 0) is 52.6 Å². The molecule has 0 fully saturated rings. The maximum absolute atomic E-state index is 11.7. The van der Waals surface area contributed by atoms with E-state index in [-0.39, 0.29) is 98.7 Å². The van der Waals surface area contributed by atoms with Gasteiger partial charge >= 0.3 is 67.9 Å². The van der Waals surface area contributed by atoms with Gasteiger partial charge in [-0.1, -0.05) is 35.5 Å². The number of halogens is 9. The minimum absolute atomic E-state index is 0. The third kappa shape index (κ3) is 18.6. The van der Waals surface area contributed by atoms with Crippen LogP contribution in [0.4, 0.5) is 39.5 Å². The number of hydrogen-bond donors (Lipinski definition) is 0. The van der Waals surface area contributed by atoms with Gasteiger partial charge in [-0.2, -0.15) is 39.5 Å². The number of hydrogen-bond acceptors (Lipinski definition) is 9. The van der Waals surface area contributed by atoms with Crippen LogP contribution in [0.3, 0.4) is 0 Å². The summed E-state index contributed by atoms with van der Waals surface area (Å²) in [6.07, 6.45) is -14.8. The van der Waals surface area contributed by atoms with E-state index in [1.165, 1.54) is 36.4 Å². The van der Waals surface area contributed by atoms with Gasteiger partial charge in [0.1, 0.15) is 0 Å². The van der Waals surface area contributed by atoms with Gasteiger partial charge in [0.05, 0.1) is 0 Å². The summed E-state index contributed by atoms with van der Waals surface area (Å²) in [6, 6.07) is 8.62. The van der Waals surface area contributed by atoms with E-state index in [1.54, 1.807) is 16.1 Å². The van der Waals surface area contributed by atoms with Crippen molar-refractivity contribution in [2.24, 2.45) is 0 Å². The first-order chi connectivity index (χ1) is 19.2. The van der Waals surface area contributed by atoms with Crippen LogP contribution in [0.1, 0.15) is 14.6 Å². The third-order valence-corrected chi connectivity index (χ3v) is 6.57. The van der Waals surface area contributed by atoms with Gasteiger partial charge in [-0.15, -0.1) is 34.0 Å². The summed E-state index contributed by atoms with van der Waals surface area (Å²) in [6.45, 7) is 0. The van der Waals surface area contributed by atoms with Crippen LogP contribution >= 0.6 is 34.0 Å². The summed E-state index contributed by atoms with van der Waals surface area (Å²) >= 11 is 2.95. The fourth-order valence-electron chi connectivity index (χ4n) is 2.07. The van der Waals surface area contributed by atoms with E-state index in [4.69, 9.17) is 0 Å². The van der Waals surface area contributed by atoms with Gasteiger partial charge in [-0.3, -0.25) is 14.4 Å². The Morgan fingerprint density at radius 1 is 0.500 bits per heavy atom. The average molecular weight is 870 g/mol. The molecule has 0 unspecified atom stereocenters. The molecule has 0 atom stereocenters. The van der Waals surface area contributed by atoms with Gasteiger partial charge < -0.3 is 31.7 Å². The van der Waals surface area contributed by atoms with Crippen LogP contribution in [0.2, 0.25) is 0 Å². The number of allylic oxidation sites excluding steroid dienone is 3. The first-order valence-corrected chi connectivity index (χ1v) is 13.0. The quantitative estimate of drug-likeness (QED) is 0.206. The zero-order chi connectivity index (χ0) is 32.3. The summed E-state index contributed by atoms with van der Waals surface area (Å²) in [5, 5.41) is 37.6. The van der Waals surface area contributed by atoms with Crippen LogP contribution in [0, 0.1) is 49.4 Å². The fourth-order valence-corrected chi connectivity index (χ4v) is 3.98. The predicted molar refractivity (Wildman–Crippen MR) is 141 cm³/mol. The first kappa shape index (κ1) is 50.4. The zero-order valence-electron chi connectivity index (χ0n) is 21.9. The van der Waals surface area contributed by atoms with Gasteiger partial charge in [0.15, 0.2) is 0 Å². The minimum atomic E-state index is -4.98. The van der Waals surface area contributed by atoms with Crippen LogP contribution in [-0.4, -0.2) is 52.3 Å². The van der Waals surface area contributed by atoms with Gasteiger partial charge in [0, 0.05) is 14.6 Å². The van der Waals surface area contributed by atoms with Gasteiger partial charge in [-0.25, -0.2) is 0 Å². The molecule has 0 saturated carbocycles. The molecule has 0 aliphatic heterocycles. The molecule has 0 amide bonds. The zero-order valence-corrected chi connectivity index (χ0v) is 26.8. The van der Waals surface area contributed by atoms with E-state index < -0.39 is 53.2 Å². The molecule has 0 aromatic carbocycles. The second-order valence-corrected chi connectivity index (χ2v) is 9.89. The summed E-state index contributed by atoms with van der Waals surface area (Å²) in [7, 11) is 0. The normalized spacial score (nSPS) is 11.8. The fraction of sp³-hybridized carbons (Fsp3) is 0.125. The van der Waals surface area contributed by atoms with Crippen molar-refractivity contribution in [2.75, 3.05) is 0 Å². The Kier molecular flexibility index (Phi) is 24.3. The molecule has 3 heterocycles. The van der Waals surface area contributed by atoms with Crippen LogP contribution < -0.4 is 15.3 Å². The largest absolute Gasteiger partial charge is 3.00 e. The van der Waals surface area contributed by atoms with Crippen LogP contribution in [0.25, 0.3) is 17.3 Å². The molecule has 256 valence electrons. The molecule has 3 aromatic rings. The first-order valence-electron chi connectivity index (χ1n) is 10.3. The molecule has 0 radical (unpaired) electrons. The summed E-state index contributed by atoms with van der Waals surface area (Å²) in [5.74, 6) is -9.13. The molecule has 0 bridgehead atoms. The summed E-state index contributed by atoms with van der Waals surface area (Å²) < 4.78 is 105. The van der Waals surface area contributed by atoms with E-state index in [0.29, 0.717) is 0 Å². The van der Waals surface area contributed by atoms with Crippen molar-refractivity contribution < 1.29 is 135 Å². The van der Waals surface area contributed by atoms with E-state index in [0.717, 1.165) is 34.0 Å². The number of rotatable bonds is 6. The van der Waals surface area contributed by atoms with Gasteiger partial charge in [0.25, 0.3) is 17.3 Å². The third-order valence-electron chi connectivity index (χ3n) is 3.92. The topological polar surface area (TPSA) is 215 Å². The van der Waals surface area contributed by atoms with Gasteiger partial charge in [0.2, 0.25) is 0 Å². The van der Waals surface area contributed by atoms with Crippen molar-refractivity contribution in [3.8, 4) is 0 Å². The average Bonchev–Trinajstić information content (AvgIpc) is 3.66. The Bertz CT molecular complexity index is 1240. The van der Waals surface area contributed by atoms with E-state index in [1.807, 2.05) is 0 Å². The minimum Gasteiger partial charge on any atom is -0.871 e. The smallest absolute Gasteiger partial charge is 0.871 e. The molecule has 6 N–H and O–H groups in total. The molecule has 3 rings (SSSR count). The standard InChI is InChI=1S/3C8H5F3O2S.Eu.3H2O/c3*9-8(10,11)7(13)4-5(12)6-2-1-3-14-6;;;;/h3*1-4,12H;;3*1H2/q;;;+3;;;/p-3/b3*5-4-;;;;. The van der Waals surface area contributed by atoms with E-state index in [9.17, 15) is 69.2 Å². The Morgan fingerprint density at radius 3 is 0.826 bits per heavy atom. The summed E-state index contributed by atoms with van der Waals surface area (Å²) in [4.78, 5) is 31.5.